The zero-order valence-electron chi connectivity index (χ0n) is 21.8. The number of anilines is 1. The molecule has 0 fully saturated rings. The van der Waals surface area contributed by atoms with E-state index in [0.29, 0.717) is 17.1 Å². The summed E-state index contributed by atoms with van der Waals surface area (Å²) in [6, 6.07) is 23.1. The molecular weight excluding hydrogens is 480 g/mol. The minimum absolute atomic E-state index is 0.402. The Labute approximate surface area is 221 Å². The fourth-order valence-electron chi connectivity index (χ4n) is 3.97. The van der Waals surface area contributed by atoms with Gasteiger partial charge in [0.05, 0.1) is 11.4 Å². The maximum Gasteiger partial charge on any atom is 0.328 e. The quantitative estimate of drug-likeness (QED) is 0.333. The largest absolute Gasteiger partial charge is 0.454 e. The van der Waals surface area contributed by atoms with Gasteiger partial charge in [0.2, 0.25) is 0 Å². The standard InChI is InChI=1S/C30H30N4O4/c1-19-15-21(3)25(16-20(19)2)26-17-27(34(33-26)24-13-9-6-10-14-24)32-28(35)18-38-30(37)22(4)31-29(36)23-11-7-5-8-12-23/h5-17,22H,18H2,1-4H3,(H,31,36)(H,32,35)/t22-/m0/s1. The Kier molecular flexibility index (Phi) is 8.01. The second-order valence-corrected chi connectivity index (χ2v) is 9.13. The number of rotatable bonds is 8. The fraction of sp³-hybridized carbons (Fsp3) is 0.200. The number of benzene rings is 3. The number of para-hydroxylation sites is 1. The zero-order valence-corrected chi connectivity index (χ0v) is 21.8. The summed E-state index contributed by atoms with van der Waals surface area (Å²) in [5.74, 6) is -1.21. The summed E-state index contributed by atoms with van der Waals surface area (Å²) in [6.45, 7) is 7.13. The van der Waals surface area contributed by atoms with Crippen LogP contribution >= 0.6 is 0 Å². The van der Waals surface area contributed by atoms with Gasteiger partial charge >= 0.3 is 5.97 Å². The van der Waals surface area contributed by atoms with Crippen LogP contribution in [-0.2, 0) is 14.3 Å². The van der Waals surface area contributed by atoms with Crippen LogP contribution in [0.2, 0.25) is 0 Å². The average molecular weight is 511 g/mol. The summed E-state index contributed by atoms with van der Waals surface area (Å²) in [4.78, 5) is 37.5. The molecule has 0 aliphatic rings. The van der Waals surface area contributed by atoms with Crippen molar-refractivity contribution in [1.82, 2.24) is 15.1 Å². The smallest absolute Gasteiger partial charge is 0.328 e. The second kappa shape index (κ2) is 11.6. The van der Waals surface area contributed by atoms with Crippen LogP contribution in [0.5, 0.6) is 0 Å². The van der Waals surface area contributed by atoms with Crippen molar-refractivity contribution in [2.45, 2.75) is 33.7 Å². The van der Waals surface area contributed by atoms with Crippen LogP contribution in [0, 0.1) is 20.8 Å². The van der Waals surface area contributed by atoms with E-state index in [0.717, 1.165) is 22.4 Å². The van der Waals surface area contributed by atoms with Crippen molar-refractivity contribution in [2.24, 2.45) is 0 Å². The van der Waals surface area contributed by atoms with E-state index >= 15 is 0 Å². The molecule has 0 bridgehead atoms. The highest BCUT2D eigenvalue weighted by Crippen LogP contribution is 2.29. The van der Waals surface area contributed by atoms with E-state index in [1.165, 1.54) is 12.5 Å². The normalized spacial score (nSPS) is 11.5. The van der Waals surface area contributed by atoms with Gasteiger partial charge < -0.3 is 15.4 Å². The number of nitrogens with zero attached hydrogens (tertiary/aromatic N) is 2. The number of esters is 1. The van der Waals surface area contributed by atoms with Gasteiger partial charge in [-0.1, -0.05) is 42.5 Å². The van der Waals surface area contributed by atoms with Gasteiger partial charge in [0.1, 0.15) is 11.9 Å². The minimum atomic E-state index is -0.926. The summed E-state index contributed by atoms with van der Waals surface area (Å²) in [5, 5.41) is 10.1. The van der Waals surface area contributed by atoms with Crippen LogP contribution in [-0.4, -0.2) is 40.2 Å². The Morgan fingerprint density at radius 3 is 2.18 bits per heavy atom. The van der Waals surface area contributed by atoms with Gasteiger partial charge in [-0.05, 0) is 74.7 Å². The predicted molar refractivity (Wildman–Crippen MR) is 146 cm³/mol. The number of nitrogens with one attached hydrogen (secondary N) is 2. The first-order chi connectivity index (χ1) is 18.2. The van der Waals surface area contributed by atoms with E-state index in [1.807, 2.05) is 44.2 Å². The van der Waals surface area contributed by atoms with Gasteiger partial charge in [-0.3, -0.25) is 9.59 Å². The third-order valence-electron chi connectivity index (χ3n) is 6.18. The molecule has 4 rings (SSSR count). The molecule has 0 unspecified atom stereocenters. The molecule has 0 aliphatic carbocycles. The topological polar surface area (TPSA) is 102 Å². The molecular formula is C30H30N4O4. The lowest BCUT2D eigenvalue weighted by atomic mass is 9.99. The second-order valence-electron chi connectivity index (χ2n) is 9.13. The van der Waals surface area contributed by atoms with E-state index < -0.39 is 30.4 Å². The monoisotopic (exact) mass is 510 g/mol. The lowest BCUT2D eigenvalue weighted by molar-refractivity contribution is -0.148. The summed E-state index contributed by atoms with van der Waals surface area (Å²) in [7, 11) is 0. The minimum Gasteiger partial charge on any atom is -0.454 e. The van der Waals surface area contributed by atoms with Crippen molar-refractivity contribution in [3.05, 3.63) is 101 Å². The number of hydrogen-bond donors (Lipinski definition) is 2. The number of amides is 2. The molecule has 8 nitrogen and oxygen atoms in total. The Bertz CT molecular complexity index is 1460. The Morgan fingerprint density at radius 2 is 1.50 bits per heavy atom. The maximum absolute atomic E-state index is 12.8. The number of aryl methyl sites for hydroxylation is 3. The third-order valence-corrected chi connectivity index (χ3v) is 6.18. The van der Waals surface area contributed by atoms with Crippen molar-refractivity contribution in [2.75, 3.05) is 11.9 Å². The number of carbonyl (C=O) groups excluding carboxylic acids is 3. The highest BCUT2D eigenvalue weighted by atomic mass is 16.5. The highest BCUT2D eigenvalue weighted by Gasteiger charge is 2.20. The summed E-state index contributed by atoms with van der Waals surface area (Å²) < 4.78 is 6.81. The van der Waals surface area contributed by atoms with Gasteiger partial charge in [-0.2, -0.15) is 5.10 Å². The van der Waals surface area contributed by atoms with Crippen molar-refractivity contribution in [1.29, 1.82) is 0 Å². The Balaban J connectivity index is 1.47. The zero-order chi connectivity index (χ0) is 27.2. The third kappa shape index (κ3) is 6.15. The first-order valence-corrected chi connectivity index (χ1v) is 12.3. The number of hydrogen-bond acceptors (Lipinski definition) is 5. The van der Waals surface area contributed by atoms with Crippen LogP contribution in [0.15, 0.2) is 78.9 Å². The van der Waals surface area contributed by atoms with Crippen molar-refractivity contribution < 1.29 is 19.1 Å². The Hall–Kier alpha value is -4.72. The van der Waals surface area contributed by atoms with Crippen LogP contribution in [0.1, 0.15) is 34.0 Å². The lowest BCUT2D eigenvalue weighted by Crippen LogP contribution is -2.40. The number of carbonyl (C=O) groups is 3. The van der Waals surface area contributed by atoms with E-state index in [-0.39, 0.29) is 0 Å². The lowest BCUT2D eigenvalue weighted by Gasteiger charge is -2.13. The summed E-state index contributed by atoms with van der Waals surface area (Å²) >= 11 is 0. The van der Waals surface area contributed by atoms with Crippen LogP contribution in [0.4, 0.5) is 5.82 Å². The molecule has 1 heterocycles. The SMILES string of the molecule is Cc1cc(C)c(-c2cc(NC(=O)COC(=O)[C@H](C)NC(=O)c3ccccc3)n(-c3ccccc3)n2)cc1C. The van der Waals surface area contributed by atoms with Crippen molar-refractivity contribution in [3.8, 4) is 16.9 Å². The van der Waals surface area contributed by atoms with Crippen LogP contribution in [0.25, 0.3) is 16.9 Å². The van der Waals surface area contributed by atoms with Gasteiger partial charge in [0, 0.05) is 17.2 Å². The first-order valence-electron chi connectivity index (χ1n) is 12.3. The molecule has 0 radical (unpaired) electrons. The average Bonchev–Trinajstić information content (AvgIpc) is 3.33. The maximum atomic E-state index is 12.8. The van der Waals surface area contributed by atoms with E-state index in [1.54, 1.807) is 41.1 Å². The van der Waals surface area contributed by atoms with E-state index in [9.17, 15) is 14.4 Å². The van der Waals surface area contributed by atoms with E-state index in [2.05, 4.69) is 29.7 Å². The molecule has 1 atom stereocenters. The van der Waals surface area contributed by atoms with Crippen LogP contribution in [0.3, 0.4) is 0 Å². The number of ether oxygens (including phenoxy) is 1. The molecule has 1 aromatic heterocycles. The number of aromatic nitrogens is 2. The van der Waals surface area contributed by atoms with Gasteiger partial charge in [0.25, 0.3) is 11.8 Å². The van der Waals surface area contributed by atoms with Crippen LogP contribution < -0.4 is 10.6 Å². The molecule has 8 heteroatoms. The molecule has 0 aliphatic heterocycles. The van der Waals surface area contributed by atoms with E-state index in [4.69, 9.17) is 9.84 Å². The first kappa shape index (κ1) is 26.3. The van der Waals surface area contributed by atoms with Gasteiger partial charge in [-0.15, -0.1) is 0 Å². The molecule has 4 aromatic rings. The Morgan fingerprint density at radius 1 is 0.868 bits per heavy atom. The summed E-state index contributed by atoms with van der Waals surface area (Å²) in [5.41, 5.74) is 6.28. The molecule has 0 saturated heterocycles. The predicted octanol–water partition coefficient (Wildman–Crippen LogP) is 4.76. The van der Waals surface area contributed by atoms with Crippen molar-refractivity contribution in [3.63, 3.8) is 0 Å². The molecule has 194 valence electrons. The van der Waals surface area contributed by atoms with Gasteiger partial charge in [-0.25, -0.2) is 9.48 Å². The molecule has 0 spiro atoms. The van der Waals surface area contributed by atoms with Crippen molar-refractivity contribution >= 4 is 23.6 Å². The van der Waals surface area contributed by atoms with Gasteiger partial charge in [0.15, 0.2) is 6.61 Å². The molecule has 3 aromatic carbocycles. The molecule has 2 N–H and O–H groups in total. The fourth-order valence-corrected chi connectivity index (χ4v) is 3.97. The molecule has 0 saturated carbocycles. The molecule has 38 heavy (non-hydrogen) atoms. The highest BCUT2D eigenvalue weighted by molar-refractivity contribution is 5.97. The molecule has 2 amide bonds. The summed E-state index contributed by atoms with van der Waals surface area (Å²) in [6.07, 6.45) is 0.